The minimum atomic E-state index is -0.543. The molecule has 0 saturated heterocycles. The van der Waals surface area contributed by atoms with Gasteiger partial charge in [0.15, 0.2) is 0 Å². The lowest BCUT2D eigenvalue weighted by molar-refractivity contribution is 0.0589. The van der Waals surface area contributed by atoms with Crippen LogP contribution in [0, 0.1) is 11.3 Å². The molecule has 0 radical (unpaired) electrons. The first kappa shape index (κ1) is 14.5. The highest BCUT2D eigenvalue weighted by molar-refractivity contribution is 9.10. The Bertz CT molecular complexity index is 501. The van der Waals surface area contributed by atoms with E-state index in [1.165, 1.54) is 4.90 Å². The van der Waals surface area contributed by atoms with Gasteiger partial charge in [0.05, 0.1) is 5.56 Å². The average Bonchev–Trinajstić information content (AvgIpc) is 2.26. The van der Waals surface area contributed by atoms with Gasteiger partial charge in [0.2, 0.25) is 0 Å². The molecule has 0 aliphatic carbocycles. The summed E-state index contributed by atoms with van der Waals surface area (Å²) in [6.07, 6.45) is -0.450. The molecule has 1 aromatic carbocycles. The maximum Gasteiger partial charge on any atom is 0.414 e. The third-order valence-electron chi connectivity index (χ3n) is 2.13. The second-order valence-electron chi connectivity index (χ2n) is 4.82. The van der Waals surface area contributed by atoms with Gasteiger partial charge in [-0.05, 0) is 54.9 Å². The minimum absolute atomic E-state index is 0.450. The molecule has 0 bridgehead atoms. The largest absolute Gasteiger partial charge is 0.443 e. The van der Waals surface area contributed by atoms with Crippen molar-refractivity contribution in [2.24, 2.45) is 0 Å². The summed E-state index contributed by atoms with van der Waals surface area (Å²) in [4.78, 5) is 13.2. The number of nitriles is 1. The van der Waals surface area contributed by atoms with Crippen LogP contribution >= 0.6 is 15.9 Å². The fourth-order valence-electron chi connectivity index (χ4n) is 1.24. The fraction of sp³-hybridized carbons (Fsp3) is 0.385. The van der Waals surface area contributed by atoms with Gasteiger partial charge in [-0.15, -0.1) is 0 Å². The fourth-order valence-corrected chi connectivity index (χ4v) is 1.58. The molecular formula is C13H15BrN2O2. The van der Waals surface area contributed by atoms with Crippen LogP contribution in [0.1, 0.15) is 26.3 Å². The minimum Gasteiger partial charge on any atom is -0.443 e. The van der Waals surface area contributed by atoms with Crippen molar-refractivity contribution >= 4 is 27.7 Å². The summed E-state index contributed by atoms with van der Waals surface area (Å²) in [6.45, 7) is 5.42. The van der Waals surface area contributed by atoms with Crippen LogP contribution in [0.5, 0.6) is 0 Å². The Morgan fingerprint density at radius 3 is 2.56 bits per heavy atom. The van der Waals surface area contributed by atoms with E-state index in [1.807, 2.05) is 0 Å². The summed E-state index contributed by atoms with van der Waals surface area (Å²) in [6, 6.07) is 7.16. The lowest BCUT2D eigenvalue weighted by Crippen LogP contribution is -2.34. The Balaban J connectivity index is 2.95. The van der Waals surface area contributed by atoms with Crippen molar-refractivity contribution in [2.75, 3.05) is 11.9 Å². The zero-order valence-electron chi connectivity index (χ0n) is 10.8. The topological polar surface area (TPSA) is 53.3 Å². The first-order valence-corrected chi connectivity index (χ1v) is 6.20. The number of anilines is 1. The van der Waals surface area contributed by atoms with Crippen LogP contribution < -0.4 is 4.90 Å². The van der Waals surface area contributed by atoms with E-state index in [1.54, 1.807) is 46.0 Å². The van der Waals surface area contributed by atoms with E-state index in [9.17, 15) is 4.79 Å². The van der Waals surface area contributed by atoms with Gasteiger partial charge in [-0.1, -0.05) is 0 Å². The molecule has 1 aromatic rings. The van der Waals surface area contributed by atoms with Crippen LogP contribution in [0.2, 0.25) is 0 Å². The molecule has 1 rings (SSSR count). The molecule has 0 aliphatic heterocycles. The maximum atomic E-state index is 11.9. The Morgan fingerprint density at radius 2 is 2.06 bits per heavy atom. The SMILES string of the molecule is CN(C(=O)OC(C)(C)C)c1ccc(Br)c(C#N)c1. The van der Waals surface area contributed by atoms with E-state index in [-0.39, 0.29) is 0 Å². The van der Waals surface area contributed by atoms with Gasteiger partial charge >= 0.3 is 6.09 Å². The molecule has 0 N–H and O–H groups in total. The molecule has 0 aliphatic rings. The standard InChI is InChI=1S/C13H15BrN2O2/c1-13(2,3)18-12(17)16(4)10-5-6-11(14)9(7-10)8-15/h5-7H,1-4H3. The van der Waals surface area contributed by atoms with E-state index >= 15 is 0 Å². The van der Waals surface area contributed by atoms with Crippen LogP contribution in [-0.2, 0) is 4.74 Å². The van der Waals surface area contributed by atoms with E-state index in [0.717, 1.165) is 0 Å². The summed E-state index contributed by atoms with van der Waals surface area (Å²) < 4.78 is 5.95. The number of ether oxygens (including phenoxy) is 1. The second kappa shape index (κ2) is 5.40. The van der Waals surface area contributed by atoms with E-state index in [2.05, 4.69) is 22.0 Å². The summed E-state index contributed by atoms with van der Waals surface area (Å²) in [5, 5.41) is 8.94. The van der Waals surface area contributed by atoms with Gasteiger partial charge in [-0.3, -0.25) is 4.90 Å². The molecule has 18 heavy (non-hydrogen) atoms. The molecule has 0 heterocycles. The Hall–Kier alpha value is -1.54. The molecule has 5 heteroatoms. The van der Waals surface area contributed by atoms with E-state index < -0.39 is 11.7 Å². The number of hydrogen-bond acceptors (Lipinski definition) is 3. The lowest BCUT2D eigenvalue weighted by atomic mass is 10.2. The van der Waals surface area contributed by atoms with Crippen molar-refractivity contribution in [1.82, 2.24) is 0 Å². The van der Waals surface area contributed by atoms with Crippen molar-refractivity contribution in [3.63, 3.8) is 0 Å². The van der Waals surface area contributed by atoms with Gasteiger partial charge in [0.25, 0.3) is 0 Å². The smallest absolute Gasteiger partial charge is 0.414 e. The number of halogens is 1. The number of rotatable bonds is 1. The van der Waals surface area contributed by atoms with Gasteiger partial charge in [0.1, 0.15) is 11.7 Å². The Morgan fingerprint density at radius 1 is 1.44 bits per heavy atom. The van der Waals surface area contributed by atoms with Crippen LogP contribution in [0.4, 0.5) is 10.5 Å². The zero-order chi connectivity index (χ0) is 13.9. The number of hydrogen-bond donors (Lipinski definition) is 0. The normalized spacial score (nSPS) is 10.7. The maximum absolute atomic E-state index is 11.9. The second-order valence-corrected chi connectivity index (χ2v) is 5.67. The number of carbonyl (C=O) groups is 1. The van der Waals surface area contributed by atoms with Crippen LogP contribution in [-0.4, -0.2) is 18.7 Å². The Labute approximate surface area is 115 Å². The summed E-state index contributed by atoms with van der Waals surface area (Å²) >= 11 is 3.27. The molecule has 4 nitrogen and oxygen atoms in total. The number of carbonyl (C=O) groups excluding carboxylic acids is 1. The van der Waals surface area contributed by atoms with E-state index in [0.29, 0.717) is 15.7 Å². The third kappa shape index (κ3) is 3.74. The highest BCUT2D eigenvalue weighted by atomic mass is 79.9. The highest BCUT2D eigenvalue weighted by Crippen LogP contribution is 2.23. The first-order chi connectivity index (χ1) is 8.24. The molecule has 0 spiro atoms. The van der Waals surface area contributed by atoms with Gasteiger partial charge in [-0.2, -0.15) is 5.26 Å². The number of amides is 1. The molecule has 1 amide bonds. The molecule has 96 valence electrons. The van der Waals surface area contributed by atoms with Gasteiger partial charge in [-0.25, -0.2) is 4.79 Å². The number of benzene rings is 1. The predicted molar refractivity (Wildman–Crippen MR) is 73.5 cm³/mol. The summed E-state index contributed by atoms with van der Waals surface area (Å²) in [5.41, 5.74) is 0.547. The van der Waals surface area contributed by atoms with Crippen molar-refractivity contribution in [1.29, 1.82) is 5.26 Å². The molecule has 0 atom stereocenters. The average molecular weight is 311 g/mol. The van der Waals surface area contributed by atoms with Crippen LogP contribution in [0.25, 0.3) is 0 Å². The lowest BCUT2D eigenvalue weighted by Gasteiger charge is -2.24. The molecule has 0 saturated carbocycles. The zero-order valence-corrected chi connectivity index (χ0v) is 12.4. The Kier molecular flexibility index (Phi) is 4.36. The molecule has 0 aromatic heterocycles. The summed E-state index contributed by atoms with van der Waals surface area (Å²) in [7, 11) is 1.61. The van der Waals surface area contributed by atoms with E-state index in [4.69, 9.17) is 10.00 Å². The number of nitrogens with zero attached hydrogens (tertiary/aromatic N) is 2. The van der Waals surface area contributed by atoms with Crippen LogP contribution in [0.15, 0.2) is 22.7 Å². The van der Waals surface area contributed by atoms with Gasteiger partial charge in [0, 0.05) is 17.2 Å². The molecule has 0 unspecified atom stereocenters. The van der Waals surface area contributed by atoms with Gasteiger partial charge < -0.3 is 4.74 Å². The van der Waals surface area contributed by atoms with Crippen molar-refractivity contribution in [3.05, 3.63) is 28.2 Å². The monoisotopic (exact) mass is 310 g/mol. The van der Waals surface area contributed by atoms with Crippen LogP contribution in [0.3, 0.4) is 0 Å². The quantitative estimate of drug-likeness (QED) is 0.795. The predicted octanol–water partition coefficient (Wildman–Crippen LogP) is 3.69. The van der Waals surface area contributed by atoms with Crippen molar-refractivity contribution in [3.8, 4) is 6.07 Å². The molecular weight excluding hydrogens is 296 g/mol. The summed E-state index contributed by atoms with van der Waals surface area (Å²) in [5.74, 6) is 0. The first-order valence-electron chi connectivity index (χ1n) is 5.41. The third-order valence-corrected chi connectivity index (χ3v) is 2.82. The van der Waals surface area contributed by atoms with Crippen molar-refractivity contribution < 1.29 is 9.53 Å². The molecule has 0 fully saturated rings. The highest BCUT2D eigenvalue weighted by Gasteiger charge is 2.20. The van der Waals surface area contributed by atoms with Crippen molar-refractivity contribution in [2.45, 2.75) is 26.4 Å².